The number of sulfone groups is 1. The van der Waals surface area contributed by atoms with Crippen molar-refractivity contribution in [3.63, 3.8) is 0 Å². The smallest absolute Gasteiger partial charge is 0.225 e. The fourth-order valence-electron chi connectivity index (χ4n) is 0.201. The maximum Gasteiger partial charge on any atom is 0.410 e. The molecular weight excluding hydrogens is 169 g/mol. The molecule has 0 bridgehead atoms. The summed E-state index contributed by atoms with van der Waals surface area (Å²) in [7, 11) is -3.66. The van der Waals surface area contributed by atoms with Crippen LogP contribution < -0.4 is 0 Å². The summed E-state index contributed by atoms with van der Waals surface area (Å²) in [6.45, 7) is 0. The minimum Gasteiger partial charge on any atom is -0.225 e. The van der Waals surface area contributed by atoms with Gasteiger partial charge in [0, 0.05) is 17.7 Å². The van der Waals surface area contributed by atoms with Crippen LogP contribution in [0, 0.1) is 0 Å². The van der Waals surface area contributed by atoms with Crippen molar-refractivity contribution in [3.05, 3.63) is 11.5 Å². The van der Waals surface area contributed by atoms with Gasteiger partial charge in [-0.1, -0.05) is 0 Å². The first kappa shape index (κ1) is 9.48. The summed E-state index contributed by atoms with van der Waals surface area (Å²) in [6.07, 6.45) is -4.18. The van der Waals surface area contributed by atoms with Crippen molar-refractivity contribution in [1.29, 1.82) is 0 Å². The third-order valence-corrected chi connectivity index (χ3v) is 1.13. The molecule has 0 aromatic heterocycles. The summed E-state index contributed by atoms with van der Waals surface area (Å²) in [5, 5.41) is 0.118. The van der Waals surface area contributed by atoms with Crippen LogP contribution in [0.25, 0.3) is 0 Å². The molecule has 0 aromatic carbocycles. The fourth-order valence-corrected chi connectivity index (χ4v) is 0.602. The second-order valence-electron chi connectivity index (χ2n) is 1.67. The molecule has 0 amide bonds. The number of alkyl halides is 3. The number of allylic oxidation sites excluding steroid dienone is 1. The molecule has 0 saturated heterocycles. The highest BCUT2D eigenvalue weighted by Crippen LogP contribution is 2.16. The van der Waals surface area contributed by atoms with E-state index in [0.29, 0.717) is 6.26 Å². The Labute approximate surface area is 56.3 Å². The summed E-state index contributed by atoms with van der Waals surface area (Å²) in [5.74, 6) is 0. The van der Waals surface area contributed by atoms with Crippen LogP contribution in [0.2, 0.25) is 0 Å². The van der Waals surface area contributed by atoms with E-state index >= 15 is 0 Å². The second-order valence-corrected chi connectivity index (χ2v) is 3.61. The summed E-state index contributed by atoms with van der Waals surface area (Å²) < 4.78 is 53.9. The minimum atomic E-state index is -4.55. The molecule has 0 spiro atoms. The van der Waals surface area contributed by atoms with Gasteiger partial charge in [-0.25, -0.2) is 8.42 Å². The Morgan fingerprint density at radius 1 is 1.30 bits per heavy atom. The number of hydrogen-bond donors (Lipinski definition) is 0. The first-order valence-corrected chi connectivity index (χ1v) is 4.12. The fraction of sp³-hybridized carbons (Fsp3) is 0.500. The molecule has 0 fully saturated rings. The molecule has 0 aliphatic carbocycles. The molecule has 0 heterocycles. The third kappa shape index (κ3) is 7.48. The molecule has 0 rings (SSSR count). The standard InChI is InChI=1S/C4H5F3O2S/c1-10(8,9)3-2-4(5,6)7/h2-3H,1H3. The molecule has 0 N–H and O–H groups in total. The van der Waals surface area contributed by atoms with Gasteiger partial charge in [-0.05, 0) is 0 Å². The van der Waals surface area contributed by atoms with Crippen LogP contribution in [0.4, 0.5) is 13.2 Å². The van der Waals surface area contributed by atoms with Crippen molar-refractivity contribution in [2.24, 2.45) is 0 Å². The second kappa shape index (κ2) is 2.61. The quantitative estimate of drug-likeness (QED) is 0.596. The minimum absolute atomic E-state index is 0.118. The average molecular weight is 174 g/mol. The van der Waals surface area contributed by atoms with Gasteiger partial charge in [-0.3, -0.25) is 0 Å². The maximum absolute atomic E-state index is 11.2. The van der Waals surface area contributed by atoms with Crippen LogP contribution in [0.15, 0.2) is 11.5 Å². The molecule has 0 aliphatic heterocycles. The lowest BCUT2D eigenvalue weighted by Gasteiger charge is -1.95. The van der Waals surface area contributed by atoms with E-state index in [0.717, 1.165) is 0 Å². The van der Waals surface area contributed by atoms with E-state index in [4.69, 9.17) is 0 Å². The Kier molecular flexibility index (Phi) is 2.48. The number of halogens is 3. The van der Waals surface area contributed by atoms with Gasteiger partial charge in [-0.15, -0.1) is 0 Å². The van der Waals surface area contributed by atoms with Crippen molar-refractivity contribution in [1.82, 2.24) is 0 Å². The van der Waals surface area contributed by atoms with Crippen molar-refractivity contribution in [2.75, 3.05) is 6.26 Å². The van der Waals surface area contributed by atoms with Crippen LogP contribution in [-0.2, 0) is 9.84 Å². The molecule has 6 heteroatoms. The zero-order chi connectivity index (χ0) is 8.41. The lowest BCUT2D eigenvalue weighted by molar-refractivity contribution is -0.0797. The lowest BCUT2D eigenvalue weighted by Crippen LogP contribution is -2.02. The zero-order valence-corrected chi connectivity index (χ0v) is 5.83. The summed E-state index contributed by atoms with van der Waals surface area (Å²) >= 11 is 0. The highest BCUT2D eigenvalue weighted by atomic mass is 32.2. The Balaban J connectivity index is 4.31. The molecule has 10 heavy (non-hydrogen) atoms. The Hall–Kier alpha value is -0.520. The molecule has 0 aromatic rings. The maximum atomic E-state index is 11.2. The van der Waals surface area contributed by atoms with Crippen LogP contribution in [0.1, 0.15) is 0 Å². The van der Waals surface area contributed by atoms with E-state index in [2.05, 4.69) is 0 Å². The monoisotopic (exact) mass is 174 g/mol. The van der Waals surface area contributed by atoms with E-state index in [9.17, 15) is 21.6 Å². The highest BCUT2D eigenvalue weighted by Gasteiger charge is 2.22. The number of hydrogen-bond acceptors (Lipinski definition) is 2. The van der Waals surface area contributed by atoms with Gasteiger partial charge in [-0.2, -0.15) is 13.2 Å². The summed E-state index contributed by atoms with van der Waals surface area (Å²) in [5.41, 5.74) is 0. The van der Waals surface area contributed by atoms with Crippen molar-refractivity contribution < 1.29 is 21.6 Å². The topological polar surface area (TPSA) is 34.1 Å². The first-order chi connectivity index (χ1) is 4.21. The predicted molar refractivity (Wildman–Crippen MR) is 30.0 cm³/mol. The Bertz CT molecular complexity index is 223. The molecule has 0 radical (unpaired) electrons. The molecule has 0 atom stereocenters. The third-order valence-electron chi connectivity index (χ3n) is 0.504. The van der Waals surface area contributed by atoms with Gasteiger partial charge in [0.05, 0.1) is 0 Å². The molecule has 0 aliphatic rings. The largest absolute Gasteiger partial charge is 0.410 e. The molecular formula is C4H5F3O2S. The summed E-state index contributed by atoms with van der Waals surface area (Å²) in [6, 6.07) is 0. The van der Waals surface area contributed by atoms with E-state index in [1.54, 1.807) is 0 Å². The molecule has 0 saturated carbocycles. The van der Waals surface area contributed by atoms with Gasteiger partial charge < -0.3 is 0 Å². The first-order valence-electron chi connectivity index (χ1n) is 2.17. The van der Waals surface area contributed by atoms with E-state index in [1.807, 2.05) is 0 Å². The molecule has 60 valence electrons. The molecule has 0 unspecified atom stereocenters. The number of rotatable bonds is 1. The van der Waals surface area contributed by atoms with Crippen molar-refractivity contribution in [3.8, 4) is 0 Å². The lowest BCUT2D eigenvalue weighted by atomic mass is 10.6. The Morgan fingerprint density at radius 3 is 1.80 bits per heavy atom. The summed E-state index contributed by atoms with van der Waals surface area (Å²) in [4.78, 5) is 0. The van der Waals surface area contributed by atoms with Crippen LogP contribution in [0.3, 0.4) is 0 Å². The molecule has 2 nitrogen and oxygen atoms in total. The Morgan fingerprint density at radius 2 is 1.70 bits per heavy atom. The predicted octanol–water partition coefficient (Wildman–Crippen LogP) is 1.11. The highest BCUT2D eigenvalue weighted by molar-refractivity contribution is 7.93. The van der Waals surface area contributed by atoms with Crippen LogP contribution in [-0.4, -0.2) is 20.8 Å². The zero-order valence-electron chi connectivity index (χ0n) is 5.01. The van der Waals surface area contributed by atoms with Crippen LogP contribution in [0.5, 0.6) is 0 Å². The van der Waals surface area contributed by atoms with E-state index in [-0.39, 0.29) is 11.5 Å². The van der Waals surface area contributed by atoms with Gasteiger partial charge in [0.15, 0.2) is 9.84 Å². The van der Waals surface area contributed by atoms with Crippen molar-refractivity contribution in [2.45, 2.75) is 6.18 Å². The van der Waals surface area contributed by atoms with E-state index in [1.165, 1.54) is 0 Å². The SMILES string of the molecule is CS(=O)(=O)C=CC(F)(F)F. The van der Waals surface area contributed by atoms with Gasteiger partial charge in [0.25, 0.3) is 0 Å². The van der Waals surface area contributed by atoms with Crippen molar-refractivity contribution >= 4 is 9.84 Å². The average Bonchev–Trinajstić information content (AvgIpc) is 1.57. The van der Waals surface area contributed by atoms with Gasteiger partial charge in [0.1, 0.15) is 0 Å². The normalized spacial score (nSPS) is 14.4. The van der Waals surface area contributed by atoms with Crippen LogP contribution >= 0.6 is 0 Å². The van der Waals surface area contributed by atoms with Gasteiger partial charge in [0.2, 0.25) is 0 Å². The van der Waals surface area contributed by atoms with Gasteiger partial charge >= 0.3 is 6.18 Å². The van der Waals surface area contributed by atoms with E-state index < -0.39 is 16.0 Å².